The highest BCUT2D eigenvalue weighted by Crippen LogP contribution is 2.26. The molecule has 1 fully saturated rings. The van der Waals surface area contributed by atoms with Crippen molar-refractivity contribution in [3.8, 4) is 0 Å². The summed E-state index contributed by atoms with van der Waals surface area (Å²) in [6.07, 6.45) is 1.87. The van der Waals surface area contributed by atoms with Crippen LogP contribution in [0.2, 0.25) is 0 Å². The highest BCUT2D eigenvalue weighted by atomic mass is 16.2. The minimum atomic E-state index is -0.203. The zero-order valence-corrected chi connectivity index (χ0v) is 11.3. The molecule has 1 heterocycles. The number of carbonyl (C=O) groups excluding carboxylic acids is 1. The molecule has 1 N–H and O–H groups in total. The van der Waals surface area contributed by atoms with Crippen molar-refractivity contribution in [2.24, 2.45) is 5.41 Å². The Morgan fingerprint density at radius 2 is 2.11 bits per heavy atom. The van der Waals surface area contributed by atoms with E-state index in [2.05, 4.69) is 24.4 Å². The van der Waals surface area contributed by atoms with Gasteiger partial charge in [-0.25, -0.2) is 0 Å². The Balaban J connectivity index is 1.88. The largest absolute Gasteiger partial charge is 0.345 e. The maximum Gasteiger partial charge on any atom is 0.229 e. The van der Waals surface area contributed by atoms with E-state index in [1.165, 1.54) is 5.56 Å². The normalized spacial score (nSPS) is 23.0. The standard InChI is InChI=1S/C15H22N2O/c1-15(9-10-16-12-15)14(18)17(2)11-8-13-6-4-3-5-7-13/h3-7,16H,8-12H2,1-2H3. The minimum absolute atomic E-state index is 0.203. The van der Waals surface area contributed by atoms with Crippen LogP contribution < -0.4 is 5.32 Å². The molecule has 2 rings (SSSR count). The van der Waals surface area contributed by atoms with E-state index in [1.807, 2.05) is 30.1 Å². The van der Waals surface area contributed by atoms with Gasteiger partial charge in [-0.1, -0.05) is 30.3 Å². The van der Waals surface area contributed by atoms with E-state index in [-0.39, 0.29) is 11.3 Å². The number of likely N-dealkylation sites (N-methyl/N-ethyl adjacent to an activating group) is 1. The predicted octanol–water partition coefficient (Wildman–Crippen LogP) is 1.69. The summed E-state index contributed by atoms with van der Waals surface area (Å²) in [5.41, 5.74) is 1.08. The number of benzene rings is 1. The molecule has 1 aliphatic heterocycles. The van der Waals surface area contributed by atoms with Crippen LogP contribution in [0.1, 0.15) is 18.9 Å². The second-order valence-corrected chi connectivity index (χ2v) is 5.45. The first-order valence-corrected chi connectivity index (χ1v) is 6.62. The van der Waals surface area contributed by atoms with Gasteiger partial charge in [0, 0.05) is 20.1 Å². The van der Waals surface area contributed by atoms with Crippen LogP contribution in [0.3, 0.4) is 0 Å². The van der Waals surface area contributed by atoms with Crippen LogP contribution in [0.5, 0.6) is 0 Å². The molecule has 0 aromatic heterocycles. The number of nitrogens with one attached hydrogen (secondary N) is 1. The summed E-state index contributed by atoms with van der Waals surface area (Å²) in [5.74, 6) is 0.267. The summed E-state index contributed by atoms with van der Waals surface area (Å²) in [4.78, 5) is 14.2. The van der Waals surface area contributed by atoms with Crippen LogP contribution in [-0.4, -0.2) is 37.5 Å². The van der Waals surface area contributed by atoms with E-state index in [4.69, 9.17) is 0 Å². The molecule has 98 valence electrons. The van der Waals surface area contributed by atoms with E-state index in [1.54, 1.807) is 0 Å². The fraction of sp³-hybridized carbons (Fsp3) is 0.533. The molecule has 0 saturated carbocycles. The lowest BCUT2D eigenvalue weighted by molar-refractivity contribution is -0.138. The van der Waals surface area contributed by atoms with Gasteiger partial charge in [0.25, 0.3) is 0 Å². The van der Waals surface area contributed by atoms with Gasteiger partial charge in [-0.15, -0.1) is 0 Å². The fourth-order valence-corrected chi connectivity index (χ4v) is 2.50. The zero-order chi connectivity index (χ0) is 13.0. The number of hydrogen-bond donors (Lipinski definition) is 1. The first kappa shape index (κ1) is 13.1. The molecule has 1 amide bonds. The molecule has 0 spiro atoms. The molecule has 18 heavy (non-hydrogen) atoms. The Morgan fingerprint density at radius 1 is 1.39 bits per heavy atom. The van der Waals surface area contributed by atoms with Crippen LogP contribution >= 0.6 is 0 Å². The molecule has 1 unspecified atom stereocenters. The van der Waals surface area contributed by atoms with Crippen LogP contribution in [0.4, 0.5) is 0 Å². The highest BCUT2D eigenvalue weighted by molar-refractivity contribution is 5.82. The Bertz CT molecular complexity index is 396. The molecule has 0 aliphatic carbocycles. The van der Waals surface area contributed by atoms with Crippen molar-refractivity contribution in [3.63, 3.8) is 0 Å². The van der Waals surface area contributed by atoms with Crippen molar-refractivity contribution >= 4 is 5.91 Å². The molecule has 1 atom stereocenters. The van der Waals surface area contributed by atoms with Gasteiger partial charge in [0.05, 0.1) is 5.41 Å². The molecule has 1 aliphatic rings. The molecule has 0 bridgehead atoms. The third-order valence-electron chi connectivity index (χ3n) is 3.81. The fourth-order valence-electron chi connectivity index (χ4n) is 2.50. The average Bonchev–Trinajstić information content (AvgIpc) is 2.84. The SMILES string of the molecule is CN(CCc1ccccc1)C(=O)C1(C)CCNC1. The first-order valence-electron chi connectivity index (χ1n) is 6.62. The van der Waals surface area contributed by atoms with Gasteiger partial charge in [-0.3, -0.25) is 4.79 Å². The maximum atomic E-state index is 12.4. The smallest absolute Gasteiger partial charge is 0.229 e. The van der Waals surface area contributed by atoms with Crippen molar-refractivity contribution in [3.05, 3.63) is 35.9 Å². The van der Waals surface area contributed by atoms with Gasteiger partial charge in [0.1, 0.15) is 0 Å². The predicted molar refractivity (Wildman–Crippen MR) is 73.4 cm³/mol. The second kappa shape index (κ2) is 5.53. The summed E-state index contributed by atoms with van der Waals surface area (Å²) < 4.78 is 0. The van der Waals surface area contributed by atoms with E-state index in [0.29, 0.717) is 0 Å². The molecule has 3 heteroatoms. The average molecular weight is 246 g/mol. The zero-order valence-electron chi connectivity index (χ0n) is 11.3. The summed E-state index contributed by atoms with van der Waals surface area (Å²) in [7, 11) is 1.91. The van der Waals surface area contributed by atoms with E-state index in [0.717, 1.165) is 32.5 Å². The van der Waals surface area contributed by atoms with Gasteiger partial charge >= 0.3 is 0 Å². The molecule has 1 saturated heterocycles. The van der Waals surface area contributed by atoms with Crippen molar-refractivity contribution in [1.82, 2.24) is 10.2 Å². The Hall–Kier alpha value is -1.35. The number of nitrogens with zero attached hydrogens (tertiary/aromatic N) is 1. The third kappa shape index (κ3) is 2.91. The van der Waals surface area contributed by atoms with Crippen molar-refractivity contribution in [2.75, 3.05) is 26.7 Å². The Kier molecular flexibility index (Phi) is 4.02. The lowest BCUT2D eigenvalue weighted by Crippen LogP contribution is -2.42. The monoisotopic (exact) mass is 246 g/mol. The van der Waals surface area contributed by atoms with Gasteiger partial charge in [0.15, 0.2) is 0 Å². The molecular formula is C15H22N2O. The van der Waals surface area contributed by atoms with Crippen molar-refractivity contribution in [1.29, 1.82) is 0 Å². The number of rotatable bonds is 4. The number of amides is 1. The van der Waals surface area contributed by atoms with Crippen LogP contribution in [0, 0.1) is 5.41 Å². The topological polar surface area (TPSA) is 32.3 Å². The van der Waals surface area contributed by atoms with Gasteiger partial charge in [-0.2, -0.15) is 0 Å². The van der Waals surface area contributed by atoms with E-state index < -0.39 is 0 Å². The first-order chi connectivity index (χ1) is 8.62. The minimum Gasteiger partial charge on any atom is -0.345 e. The van der Waals surface area contributed by atoms with Gasteiger partial charge in [0.2, 0.25) is 5.91 Å². The van der Waals surface area contributed by atoms with E-state index >= 15 is 0 Å². The second-order valence-electron chi connectivity index (χ2n) is 5.45. The quantitative estimate of drug-likeness (QED) is 0.877. The summed E-state index contributed by atoms with van der Waals surface area (Å²) in [5, 5.41) is 3.27. The van der Waals surface area contributed by atoms with Crippen LogP contribution in [0.15, 0.2) is 30.3 Å². The number of carbonyl (C=O) groups is 1. The molecule has 0 radical (unpaired) electrons. The lowest BCUT2D eigenvalue weighted by Gasteiger charge is -2.28. The summed E-state index contributed by atoms with van der Waals surface area (Å²) in [6.45, 7) is 4.61. The van der Waals surface area contributed by atoms with Crippen molar-refractivity contribution in [2.45, 2.75) is 19.8 Å². The van der Waals surface area contributed by atoms with Crippen LogP contribution in [0.25, 0.3) is 0 Å². The van der Waals surface area contributed by atoms with Crippen LogP contribution in [-0.2, 0) is 11.2 Å². The van der Waals surface area contributed by atoms with Gasteiger partial charge in [-0.05, 0) is 31.9 Å². The lowest BCUT2D eigenvalue weighted by atomic mass is 9.88. The molecule has 1 aromatic rings. The Labute approximate surface area is 109 Å². The molecule has 1 aromatic carbocycles. The summed E-state index contributed by atoms with van der Waals surface area (Å²) >= 11 is 0. The van der Waals surface area contributed by atoms with E-state index in [9.17, 15) is 4.79 Å². The maximum absolute atomic E-state index is 12.4. The number of hydrogen-bond acceptors (Lipinski definition) is 2. The Morgan fingerprint density at radius 3 is 2.72 bits per heavy atom. The van der Waals surface area contributed by atoms with Crippen molar-refractivity contribution < 1.29 is 4.79 Å². The third-order valence-corrected chi connectivity index (χ3v) is 3.81. The molecular weight excluding hydrogens is 224 g/mol. The highest BCUT2D eigenvalue weighted by Gasteiger charge is 2.37. The van der Waals surface area contributed by atoms with Gasteiger partial charge < -0.3 is 10.2 Å². The summed E-state index contributed by atoms with van der Waals surface area (Å²) in [6, 6.07) is 10.3. The molecule has 3 nitrogen and oxygen atoms in total.